The predicted molar refractivity (Wildman–Crippen MR) is 151 cm³/mol. The van der Waals surface area contributed by atoms with Crippen LogP contribution < -0.4 is 9.47 Å². The fraction of sp³-hybridized carbons (Fsp3) is 0.0909. The highest BCUT2D eigenvalue weighted by Crippen LogP contribution is 2.55. The molecule has 0 aliphatic heterocycles. The van der Waals surface area contributed by atoms with Crippen molar-refractivity contribution >= 4 is 11.9 Å². The Labute approximate surface area is 227 Å². The Morgan fingerprint density at radius 1 is 0.641 bits per heavy atom. The van der Waals surface area contributed by atoms with Crippen molar-refractivity contribution in [2.45, 2.75) is 19.3 Å². The topological polar surface area (TPSA) is 93.1 Å². The van der Waals surface area contributed by atoms with Gasteiger partial charge in [0.1, 0.15) is 11.5 Å². The van der Waals surface area contributed by atoms with E-state index < -0.39 is 11.9 Å². The molecular weight excluding hydrogens is 492 g/mol. The summed E-state index contributed by atoms with van der Waals surface area (Å²) in [5, 5.41) is 15.2. The minimum Gasteiger partial charge on any atom is -0.478 e. The maximum Gasteiger partial charge on any atom is 0.327 e. The van der Waals surface area contributed by atoms with E-state index in [0.29, 0.717) is 0 Å². The third kappa shape index (κ3) is 6.25. The van der Waals surface area contributed by atoms with Crippen LogP contribution in [0.1, 0.15) is 22.3 Å². The molecule has 0 heterocycles. The molecule has 0 unspecified atom stereocenters. The van der Waals surface area contributed by atoms with Gasteiger partial charge in [-0.25, -0.2) is 9.59 Å². The summed E-state index contributed by atoms with van der Waals surface area (Å²) in [6.45, 7) is 5.92. The van der Waals surface area contributed by atoms with Crippen LogP contribution in [0.3, 0.4) is 0 Å². The molecular formula is C33H28O6. The van der Waals surface area contributed by atoms with Crippen molar-refractivity contribution in [2.24, 2.45) is 0 Å². The maximum absolute atomic E-state index is 9.25. The first-order chi connectivity index (χ1) is 18.9. The molecule has 0 atom stereocenters. The molecule has 6 nitrogen and oxygen atoms in total. The average molecular weight is 521 g/mol. The molecule has 6 heteroatoms. The second-order valence-corrected chi connectivity index (χ2v) is 8.72. The summed E-state index contributed by atoms with van der Waals surface area (Å²) in [4.78, 5) is 18.5. The fourth-order valence-corrected chi connectivity index (χ4v) is 4.50. The lowest BCUT2D eigenvalue weighted by Gasteiger charge is -2.29. The number of fused-ring (bicyclic) bond motifs is 5. The van der Waals surface area contributed by atoms with Crippen LogP contribution in [-0.4, -0.2) is 22.2 Å². The van der Waals surface area contributed by atoms with Crippen molar-refractivity contribution in [1.82, 2.24) is 0 Å². The van der Waals surface area contributed by atoms with Crippen LogP contribution in [0.2, 0.25) is 0 Å². The van der Waals surface area contributed by atoms with Crippen molar-refractivity contribution in [3.63, 3.8) is 0 Å². The number of carbonyl (C=O) groups is 2. The minimum atomic E-state index is -0.981. The molecule has 196 valence electrons. The summed E-state index contributed by atoms with van der Waals surface area (Å²) in [7, 11) is 0. The van der Waals surface area contributed by atoms with Gasteiger partial charge in [-0.05, 0) is 65.8 Å². The third-order valence-corrected chi connectivity index (χ3v) is 6.29. The number of hydrogen-bond donors (Lipinski definition) is 2. The Morgan fingerprint density at radius 2 is 1.10 bits per heavy atom. The molecule has 2 aliphatic rings. The van der Waals surface area contributed by atoms with Gasteiger partial charge in [-0.15, -0.1) is 0 Å². The zero-order valence-corrected chi connectivity index (χ0v) is 21.3. The first kappa shape index (κ1) is 26.9. The lowest BCUT2D eigenvalue weighted by Crippen LogP contribution is -2.14. The lowest BCUT2D eigenvalue weighted by molar-refractivity contribution is -0.132. The molecule has 2 N–H and O–H groups in total. The van der Waals surface area contributed by atoms with E-state index in [2.05, 4.69) is 37.4 Å². The van der Waals surface area contributed by atoms with Crippen LogP contribution in [0.5, 0.6) is 23.0 Å². The molecule has 0 bridgehead atoms. The molecule has 4 aromatic carbocycles. The highest BCUT2D eigenvalue weighted by molar-refractivity contribution is 5.88. The SMILES string of the molecule is C=CC(=O)O.C=CC(=O)O.c1ccc(Oc2c3c(c4c(c2Oc2ccccc2)-c2ccccc2C4)CC3)cc1. The van der Waals surface area contributed by atoms with Gasteiger partial charge in [-0.2, -0.15) is 0 Å². The van der Waals surface area contributed by atoms with E-state index in [1.165, 1.54) is 33.4 Å². The summed E-state index contributed by atoms with van der Waals surface area (Å²) in [5.41, 5.74) is 7.99. The lowest BCUT2D eigenvalue weighted by atomic mass is 9.81. The highest BCUT2D eigenvalue weighted by Gasteiger charge is 2.35. The van der Waals surface area contributed by atoms with Gasteiger partial charge in [0.05, 0.1) is 0 Å². The van der Waals surface area contributed by atoms with E-state index in [9.17, 15) is 9.59 Å². The van der Waals surface area contributed by atoms with Crippen molar-refractivity contribution in [1.29, 1.82) is 0 Å². The highest BCUT2D eigenvalue weighted by atomic mass is 16.5. The molecule has 0 saturated heterocycles. The van der Waals surface area contributed by atoms with Crippen molar-refractivity contribution < 1.29 is 29.3 Å². The number of aliphatic carboxylic acids is 2. The Kier molecular flexibility index (Phi) is 8.59. The van der Waals surface area contributed by atoms with Gasteiger partial charge in [-0.1, -0.05) is 73.8 Å². The van der Waals surface area contributed by atoms with Crippen molar-refractivity contribution in [3.05, 3.63) is 132 Å². The Balaban J connectivity index is 0.000000305. The van der Waals surface area contributed by atoms with Gasteiger partial charge in [0.15, 0.2) is 11.5 Å². The summed E-state index contributed by atoms with van der Waals surface area (Å²) < 4.78 is 13.0. The number of carboxylic acid groups (broad SMARTS) is 2. The van der Waals surface area contributed by atoms with Crippen LogP contribution >= 0.6 is 0 Å². The van der Waals surface area contributed by atoms with Gasteiger partial charge in [0.25, 0.3) is 0 Å². The molecule has 0 saturated carbocycles. The van der Waals surface area contributed by atoms with Crippen LogP contribution in [-0.2, 0) is 28.9 Å². The van der Waals surface area contributed by atoms with Crippen LogP contribution in [0.4, 0.5) is 0 Å². The normalized spacial score (nSPS) is 11.4. The first-order valence-corrected chi connectivity index (χ1v) is 12.4. The molecule has 2 aliphatic carbocycles. The number of ether oxygens (including phenoxy) is 2. The monoisotopic (exact) mass is 520 g/mol. The van der Waals surface area contributed by atoms with E-state index in [1.54, 1.807) is 0 Å². The van der Waals surface area contributed by atoms with Gasteiger partial charge in [0, 0.05) is 23.3 Å². The molecule has 6 rings (SSSR count). The molecule has 0 radical (unpaired) electrons. The minimum absolute atomic E-state index is 0.830. The Morgan fingerprint density at radius 3 is 1.59 bits per heavy atom. The number of hydrogen-bond acceptors (Lipinski definition) is 4. The largest absolute Gasteiger partial charge is 0.478 e. The second kappa shape index (κ2) is 12.4. The van der Waals surface area contributed by atoms with Gasteiger partial charge >= 0.3 is 11.9 Å². The number of benzene rings is 4. The van der Waals surface area contributed by atoms with E-state index >= 15 is 0 Å². The average Bonchev–Trinajstić information content (AvgIpc) is 3.31. The van der Waals surface area contributed by atoms with Crippen LogP contribution in [0, 0.1) is 0 Å². The Hall–Kier alpha value is -5.10. The fourth-order valence-electron chi connectivity index (χ4n) is 4.50. The zero-order valence-electron chi connectivity index (χ0n) is 21.3. The molecule has 4 aromatic rings. The summed E-state index contributed by atoms with van der Waals surface area (Å²) in [6, 6.07) is 28.7. The van der Waals surface area contributed by atoms with Crippen LogP contribution in [0.15, 0.2) is 110 Å². The maximum atomic E-state index is 9.25. The molecule has 39 heavy (non-hydrogen) atoms. The van der Waals surface area contributed by atoms with E-state index in [4.69, 9.17) is 19.7 Å². The van der Waals surface area contributed by atoms with E-state index in [1.807, 2.05) is 60.7 Å². The van der Waals surface area contributed by atoms with E-state index in [-0.39, 0.29) is 0 Å². The number of rotatable bonds is 6. The zero-order chi connectivity index (χ0) is 27.8. The van der Waals surface area contributed by atoms with Gasteiger partial charge < -0.3 is 19.7 Å². The van der Waals surface area contributed by atoms with Gasteiger partial charge in [-0.3, -0.25) is 0 Å². The standard InChI is InChI=1S/C27H20O2.2C3H4O2/c1-3-10-19(11-4-1)28-26-23-16-15-22(23)24-17-18-9-7-8-14-21(18)25(24)27(26)29-20-12-5-2-6-13-20;2*1-2-3(4)5/h1-14H,15-17H2;2*2H,1H2,(H,4,5). The van der Waals surface area contributed by atoms with Crippen LogP contribution in [0.25, 0.3) is 11.1 Å². The molecule has 0 amide bonds. The third-order valence-electron chi connectivity index (χ3n) is 6.29. The smallest absolute Gasteiger partial charge is 0.327 e. The Bertz CT molecular complexity index is 1490. The molecule has 0 spiro atoms. The summed E-state index contributed by atoms with van der Waals surface area (Å²) in [6.07, 6.45) is 4.79. The second-order valence-electron chi connectivity index (χ2n) is 8.72. The number of para-hydroxylation sites is 2. The number of carboxylic acids is 2. The van der Waals surface area contributed by atoms with Crippen molar-refractivity contribution in [2.75, 3.05) is 0 Å². The molecule has 0 fully saturated rings. The quantitative estimate of drug-likeness (QED) is 0.226. The van der Waals surface area contributed by atoms with E-state index in [0.717, 1.165) is 54.4 Å². The predicted octanol–water partition coefficient (Wildman–Crippen LogP) is 7.46. The van der Waals surface area contributed by atoms with Crippen molar-refractivity contribution in [3.8, 4) is 34.1 Å². The molecule has 0 aromatic heterocycles. The summed E-state index contributed by atoms with van der Waals surface area (Å²) >= 11 is 0. The summed E-state index contributed by atoms with van der Waals surface area (Å²) in [5.74, 6) is 1.42. The first-order valence-electron chi connectivity index (χ1n) is 12.4. The van der Waals surface area contributed by atoms with Gasteiger partial charge in [0.2, 0.25) is 0 Å².